The first kappa shape index (κ1) is 15.7. The van der Waals surface area contributed by atoms with Crippen molar-refractivity contribution < 1.29 is 14.6 Å². The van der Waals surface area contributed by atoms with E-state index in [0.717, 1.165) is 23.1 Å². The molecule has 0 radical (unpaired) electrons. The van der Waals surface area contributed by atoms with E-state index in [0.29, 0.717) is 13.0 Å². The highest BCUT2D eigenvalue weighted by Crippen LogP contribution is 2.27. The lowest BCUT2D eigenvalue weighted by molar-refractivity contribution is -0.135. The molecule has 23 heavy (non-hydrogen) atoms. The predicted octanol–water partition coefficient (Wildman–Crippen LogP) is 2.02. The number of nitrogens with one attached hydrogen (secondary N) is 1. The molecule has 1 amide bonds. The number of amides is 1. The molecule has 4 heteroatoms. The molecular weight excluding hydrogens is 290 g/mol. The minimum absolute atomic E-state index is 0.102. The Morgan fingerprint density at radius 2 is 1.91 bits per heavy atom. The van der Waals surface area contributed by atoms with Gasteiger partial charge in [-0.2, -0.15) is 0 Å². The summed E-state index contributed by atoms with van der Waals surface area (Å²) in [5, 5.41) is 12.5. The number of ether oxygens (including phenoxy) is 1. The lowest BCUT2D eigenvalue weighted by Crippen LogP contribution is -2.43. The number of aliphatic hydroxyl groups is 1. The Bertz CT molecular complexity index is 657. The van der Waals surface area contributed by atoms with E-state index in [9.17, 15) is 9.90 Å². The second kappa shape index (κ2) is 7.40. The lowest BCUT2D eigenvalue weighted by atomic mass is 9.96. The van der Waals surface area contributed by atoms with Gasteiger partial charge in [-0.15, -0.1) is 0 Å². The average Bonchev–Trinajstić information content (AvgIpc) is 2.61. The highest BCUT2D eigenvalue weighted by molar-refractivity contribution is 5.83. The molecule has 1 heterocycles. The van der Waals surface area contributed by atoms with Gasteiger partial charge < -0.3 is 15.2 Å². The topological polar surface area (TPSA) is 58.6 Å². The quantitative estimate of drug-likeness (QED) is 0.888. The normalized spacial score (nSPS) is 18.0. The van der Waals surface area contributed by atoms with Crippen LogP contribution in [0.2, 0.25) is 0 Å². The number of carbonyl (C=O) groups is 1. The maximum Gasteiger partial charge on any atom is 0.254 e. The molecule has 120 valence electrons. The fraction of sp³-hybridized carbons (Fsp3) is 0.316. The van der Waals surface area contributed by atoms with Crippen molar-refractivity contribution in [1.29, 1.82) is 0 Å². The molecule has 4 nitrogen and oxygen atoms in total. The molecule has 3 rings (SSSR count). The van der Waals surface area contributed by atoms with Crippen molar-refractivity contribution in [3.05, 3.63) is 71.3 Å². The molecule has 1 aliphatic heterocycles. The van der Waals surface area contributed by atoms with Gasteiger partial charge in [0.15, 0.2) is 6.10 Å². The van der Waals surface area contributed by atoms with E-state index in [1.165, 1.54) is 0 Å². The Kier molecular flexibility index (Phi) is 5.05. The van der Waals surface area contributed by atoms with Gasteiger partial charge in [0.05, 0.1) is 19.3 Å². The molecule has 2 N–H and O–H groups in total. The van der Waals surface area contributed by atoms with Gasteiger partial charge in [-0.1, -0.05) is 54.6 Å². The minimum Gasteiger partial charge on any atom is -0.394 e. The second-order valence-corrected chi connectivity index (χ2v) is 5.78. The van der Waals surface area contributed by atoms with Gasteiger partial charge >= 0.3 is 0 Å². The third kappa shape index (κ3) is 3.78. The van der Waals surface area contributed by atoms with E-state index in [2.05, 4.69) is 5.32 Å². The van der Waals surface area contributed by atoms with Crippen molar-refractivity contribution in [3.8, 4) is 0 Å². The van der Waals surface area contributed by atoms with Crippen molar-refractivity contribution in [2.45, 2.75) is 25.0 Å². The Hall–Kier alpha value is -2.17. The Morgan fingerprint density at radius 3 is 2.70 bits per heavy atom. The van der Waals surface area contributed by atoms with E-state index in [1.807, 2.05) is 54.6 Å². The van der Waals surface area contributed by atoms with Crippen LogP contribution in [-0.2, 0) is 22.4 Å². The summed E-state index contributed by atoms with van der Waals surface area (Å²) in [4.78, 5) is 12.6. The van der Waals surface area contributed by atoms with Crippen LogP contribution < -0.4 is 5.32 Å². The Labute approximate surface area is 136 Å². The van der Waals surface area contributed by atoms with Crippen LogP contribution >= 0.6 is 0 Å². The van der Waals surface area contributed by atoms with Crippen LogP contribution in [0.5, 0.6) is 0 Å². The van der Waals surface area contributed by atoms with Gasteiger partial charge in [0.1, 0.15) is 0 Å². The van der Waals surface area contributed by atoms with Crippen LogP contribution in [0.25, 0.3) is 0 Å². The van der Waals surface area contributed by atoms with Crippen molar-refractivity contribution in [2.75, 3.05) is 13.2 Å². The summed E-state index contributed by atoms with van der Waals surface area (Å²) < 4.78 is 5.67. The van der Waals surface area contributed by atoms with Crippen molar-refractivity contribution in [1.82, 2.24) is 5.32 Å². The highest BCUT2D eigenvalue weighted by atomic mass is 16.5. The Balaban J connectivity index is 1.68. The molecule has 0 aromatic heterocycles. The number of carbonyl (C=O) groups excluding carboxylic acids is 1. The maximum atomic E-state index is 12.6. The number of aliphatic hydroxyl groups excluding tert-OH is 1. The zero-order chi connectivity index (χ0) is 16.1. The zero-order valence-corrected chi connectivity index (χ0v) is 12.9. The van der Waals surface area contributed by atoms with Gasteiger partial charge in [0.25, 0.3) is 5.91 Å². The summed E-state index contributed by atoms with van der Waals surface area (Å²) in [5.41, 5.74) is 3.16. The molecule has 2 atom stereocenters. The van der Waals surface area contributed by atoms with E-state index >= 15 is 0 Å². The predicted molar refractivity (Wildman–Crippen MR) is 88.0 cm³/mol. The fourth-order valence-electron chi connectivity index (χ4n) is 2.95. The molecule has 0 fully saturated rings. The number of benzene rings is 2. The molecule has 1 aliphatic rings. The summed E-state index contributed by atoms with van der Waals surface area (Å²) in [6, 6.07) is 17.4. The monoisotopic (exact) mass is 311 g/mol. The molecule has 2 aromatic carbocycles. The first-order valence-electron chi connectivity index (χ1n) is 7.92. The number of hydrogen-bond acceptors (Lipinski definition) is 3. The van der Waals surface area contributed by atoms with Gasteiger partial charge in [-0.05, 0) is 29.5 Å². The average molecular weight is 311 g/mol. The third-order valence-electron chi connectivity index (χ3n) is 4.12. The summed E-state index contributed by atoms with van der Waals surface area (Å²) in [6.45, 7) is 0.437. The van der Waals surface area contributed by atoms with Crippen LogP contribution in [0, 0.1) is 0 Å². The molecule has 0 bridgehead atoms. The molecule has 2 aromatic rings. The van der Waals surface area contributed by atoms with E-state index in [4.69, 9.17) is 4.74 Å². The van der Waals surface area contributed by atoms with Crippen molar-refractivity contribution >= 4 is 5.91 Å². The zero-order valence-electron chi connectivity index (χ0n) is 12.9. The van der Waals surface area contributed by atoms with Gasteiger partial charge in [-0.25, -0.2) is 0 Å². The smallest absolute Gasteiger partial charge is 0.254 e. The SMILES string of the molecule is O=C(NC(CO)Cc1ccccc1)C1OCCc2ccccc21. The maximum absolute atomic E-state index is 12.6. The first-order valence-corrected chi connectivity index (χ1v) is 7.92. The van der Waals surface area contributed by atoms with Gasteiger partial charge in [0.2, 0.25) is 0 Å². The van der Waals surface area contributed by atoms with Crippen LogP contribution in [0.3, 0.4) is 0 Å². The molecule has 0 saturated carbocycles. The summed E-state index contributed by atoms with van der Waals surface area (Å²) >= 11 is 0. The second-order valence-electron chi connectivity index (χ2n) is 5.78. The summed E-state index contributed by atoms with van der Waals surface area (Å²) in [7, 11) is 0. The van der Waals surface area contributed by atoms with Crippen LogP contribution in [0.1, 0.15) is 22.8 Å². The highest BCUT2D eigenvalue weighted by Gasteiger charge is 2.28. The lowest BCUT2D eigenvalue weighted by Gasteiger charge is -2.27. The third-order valence-corrected chi connectivity index (χ3v) is 4.12. The molecular formula is C19H21NO3. The first-order chi connectivity index (χ1) is 11.3. The van der Waals surface area contributed by atoms with Crippen LogP contribution in [0.4, 0.5) is 0 Å². The molecule has 0 spiro atoms. The largest absolute Gasteiger partial charge is 0.394 e. The number of fused-ring (bicyclic) bond motifs is 1. The molecule has 0 saturated heterocycles. The van der Waals surface area contributed by atoms with Gasteiger partial charge in [-0.3, -0.25) is 4.79 Å². The van der Waals surface area contributed by atoms with E-state index in [1.54, 1.807) is 0 Å². The van der Waals surface area contributed by atoms with Crippen LogP contribution in [0.15, 0.2) is 54.6 Å². The number of rotatable bonds is 5. The Morgan fingerprint density at radius 1 is 1.17 bits per heavy atom. The number of hydrogen-bond donors (Lipinski definition) is 2. The van der Waals surface area contributed by atoms with Crippen LogP contribution in [-0.4, -0.2) is 30.3 Å². The summed E-state index contributed by atoms with van der Waals surface area (Å²) in [6.07, 6.45) is 0.829. The van der Waals surface area contributed by atoms with E-state index in [-0.39, 0.29) is 18.6 Å². The van der Waals surface area contributed by atoms with Crippen molar-refractivity contribution in [3.63, 3.8) is 0 Å². The standard InChI is InChI=1S/C19H21NO3/c21-13-16(12-14-6-2-1-3-7-14)20-19(22)18-17-9-5-4-8-15(17)10-11-23-18/h1-9,16,18,21H,10-13H2,(H,20,22). The fourth-order valence-corrected chi connectivity index (χ4v) is 2.95. The van der Waals surface area contributed by atoms with E-state index < -0.39 is 6.10 Å². The minimum atomic E-state index is -0.593. The molecule has 2 unspecified atom stereocenters. The van der Waals surface area contributed by atoms with Crippen molar-refractivity contribution in [2.24, 2.45) is 0 Å². The summed E-state index contributed by atoms with van der Waals surface area (Å²) in [5.74, 6) is -0.188. The van der Waals surface area contributed by atoms with Gasteiger partial charge in [0, 0.05) is 0 Å². The molecule has 0 aliphatic carbocycles.